The average Bonchev–Trinajstić information content (AvgIpc) is 2.81. The summed E-state index contributed by atoms with van der Waals surface area (Å²) in [6, 6.07) is 15.5. The number of hydrogen-bond donors (Lipinski definition) is 0. The summed E-state index contributed by atoms with van der Waals surface area (Å²) in [5.41, 5.74) is 4.07. The van der Waals surface area contributed by atoms with E-state index in [2.05, 4.69) is 12.1 Å². The molecule has 2 aromatic carbocycles. The van der Waals surface area contributed by atoms with E-state index in [0.29, 0.717) is 5.58 Å². The normalized spacial score (nSPS) is 11.4. The molecule has 0 bridgehead atoms. The Hall–Kier alpha value is -2.81. The van der Waals surface area contributed by atoms with E-state index in [0.717, 1.165) is 38.8 Å². The molecule has 108 valence electrons. The smallest absolute Gasteiger partial charge is 0.336 e. The lowest BCUT2D eigenvalue weighted by atomic mass is 10.0. The summed E-state index contributed by atoms with van der Waals surface area (Å²) in [5, 5.41) is 1.97. The van der Waals surface area contributed by atoms with Crippen molar-refractivity contribution in [3.63, 3.8) is 0 Å². The molecule has 0 amide bonds. The van der Waals surface area contributed by atoms with Crippen molar-refractivity contribution in [2.24, 2.45) is 0 Å². The first-order chi connectivity index (χ1) is 10.6. The predicted molar refractivity (Wildman–Crippen MR) is 87.2 cm³/mol. The number of aryl methyl sites for hydroxylation is 2. The molecule has 0 saturated heterocycles. The van der Waals surface area contributed by atoms with E-state index in [4.69, 9.17) is 8.83 Å². The molecule has 0 radical (unpaired) electrons. The van der Waals surface area contributed by atoms with E-state index in [9.17, 15) is 4.79 Å². The van der Waals surface area contributed by atoms with Crippen molar-refractivity contribution in [3.8, 4) is 11.1 Å². The number of furan rings is 1. The third kappa shape index (κ3) is 1.86. The summed E-state index contributed by atoms with van der Waals surface area (Å²) in [5.74, 6) is 0.858. The second kappa shape index (κ2) is 4.60. The fraction of sp³-hybridized carbons (Fsp3) is 0.105. The molecule has 0 spiro atoms. The summed E-state index contributed by atoms with van der Waals surface area (Å²) >= 11 is 0. The molecule has 2 heterocycles. The van der Waals surface area contributed by atoms with Crippen LogP contribution in [0.25, 0.3) is 33.1 Å². The van der Waals surface area contributed by atoms with Gasteiger partial charge in [0, 0.05) is 28.5 Å². The molecule has 0 aliphatic rings. The van der Waals surface area contributed by atoms with Gasteiger partial charge < -0.3 is 8.83 Å². The maximum atomic E-state index is 11.5. The molecule has 2 aromatic heterocycles. The van der Waals surface area contributed by atoms with Crippen molar-refractivity contribution in [1.82, 2.24) is 0 Å². The molecule has 4 rings (SSSR count). The fourth-order valence-corrected chi connectivity index (χ4v) is 3.00. The van der Waals surface area contributed by atoms with Gasteiger partial charge >= 0.3 is 5.63 Å². The molecular weight excluding hydrogens is 276 g/mol. The van der Waals surface area contributed by atoms with Gasteiger partial charge in [-0.15, -0.1) is 0 Å². The summed E-state index contributed by atoms with van der Waals surface area (Å²) in [7, 11) is 0. The fourth-order valence-electron chi connectivity index (χ4n) is 3.00. The molecule has 3 heteroatoms. The quantitative estimate of drug-likeness (QED) is 0.472. The van der Waals surface area contributed by atoms with Crippen molar-refractivity contribution in [2.75, 3.05) is 0 Å². The van der Waals surface area contributed by atoms with Crippen molar-refractivity contribution >= 4 is 21.9 Å². The van der Waals surface area contributed by atoms with Gasteiger partial charge in [-0.1, -0.05) is 30.3 Å². The van der Waals surface area contributed by atoms with E-state index in [1.807, 2.05) is 38.1 Å². The van der Waals surface area contributed by atoms with Gasteiger partial charge in [0.1, 0.15) is 16.9 Å². The summed E-state index contributed by atoms with van der Waals surface area (Å²) in [4.78, 5) is 11.5. The molecule has 22 heavy (non-hydrogen) atoms. The highest BCUT2D eigenvalue weighted by Gasteiger charge is 2.15. The molecule has 0 fully saturated rings. The zero-order chi connectivity index (χ0) is 15.3. The largest absolute Gasteiger partial charge is 0.461 e. The minimum Gasteiger partial charge on any atom is -0.461 e. The SMILES string of the molecule is Cc1oc2cc3oc(=O)cc(C)c3cc2c1-c1ccccc1. The van der Waals surface area contributed by atoms with Crippen LogP contribution in [0.3, 0.4) is 0 Å². The number of fused-ring (bicyclic) bond motifs is 2. The van der Waals surface area contributed by atoms with Crippen molar-refractivity contribution in [3.05, 3.63) is 70.3 Å². The summed E-state index contributed by atoms with van der Waals surface area (Å²) in [6.07, 6.45) is 0. The van der Waals surface area contributed by atoms with Crippen LogP contribution in [0.1, 0.15) is 11.3 Å². The van der Waals surface area contributed by atoms with Crippen LogP contribution in [-0.4, -0.2) is 0 Å². The Balaban J connectivity index is 2.13. The number of hydrogen-bond acceptors (Lipinski definition) is 3. The van der Waals surface area contributed by atoms with E-state index in [1.165, 1.54) is 6.07 Å². The molecule has 0 aliphatic carbocycles. The van der Waals surface area contributed by atoms with Crippen LogP contribution >= 0.6 is 0 Å². The van der Waals surface area contributed by atoms with Gasteiger partial charge in [0.2, 0.25) is 0 Å². The first-order valence-electron chi connectivity index (χ1n) is 7.16. The average molecular weight is 290 g/mol. The maximum Gasteiger partial charge on any atom is 0.336 e. The Morgan fingerprint density at radius 1 is 0.818 bits per heavy atom. The van der Waals surface area contributed by atoms with Crippen molar-refractivity contribution in [2.45, 2.75) is 13.8 Å². The van der Waals surface area contributed by atoms with E-state index in [-0.39, 0.29) is 5.63 Å². The van der Waals surface area contributed by atoms with Crippen LogP contribution in [0, 0.1) is 13.8 Å². The topological polar surface area (TPSA) is 43.4 Å². The second-order valence-corrected chi connectivity index (χ2v) is 5.49. The Labute approximate surface area is 126 Å². The Morgan fingerprint density at radius 2 is 1.55 bits per heavy atom. The van der Waals surface area contributed by atoms with Crippen LogP contribution in [-0.2, 0) is 0 Å². The highest BCUT2D eigenvalue weighted by molar-refractivity contribution is 6.03. The predicted octanol–water partition coefficient (Wildman–Crippen LogP) is 4.82. The minimum absolute atomic E-state index is 0.337. The first-order valence-corrected chi connectivity index (χ1v) is 7.16. The molecule has 0 aliphatic heterocycles. The zero-order valence-electron chi connectivity index (χ0n) is 12.3. The van der Waals surface area contributed by atoms with E-state index in [1.54, 1.807) is 6.07 Å². The second-order valence-electron chi connectivity index (χ2n) is 5.49. The number of benzene rings is 2. The lowest BCUT2D eigenvalue weighted by molar-refractivity contribution is 0.555. The van der Waals surface area contributed by atoms with Gasteiger partial charge in [0.25, 0.3) is 0 Å². The first kappa shape index (κ1) is 12.9. The molecular formula is C19H14O3. The van der Waals surface area contributed by atoms with Crippen LogP contribution in [0.15, 0.2) is 62.2 Å². The molecule has 0 unspecified atom stereocenters. The van der Waals surface area contributed by atoms with Gasteiger partial charge in [-0.05, 0) is 31.0 Å². The van der Waals surface area contributed by atoms with E-state index < -0.39 is 0 Å². The summed E-state index contributed by atoms with van der Waals surface area (Å²) in [6.45, 7) is 3.87. The highest BCUT2D eigenvalue weighted by atomic mass is 16.4. The Bertz CT molecular complexity index is 1050. The lowest BCUT2D eigenvalue weighted by Crippen LogP contribution is -1.97. The zero-order valence-corrected chi connectivity index (χ0v) is 12.3. The van der Waals surface area contributed by atoms with Gasteiger partial charge in [-0.3, -0.25) is 0 Å². The monoisotopic (exact) mass is 290 g/mol. The van der Waals surface area contributed by atoms with Crippen LogP contribution < -0.4 is 5.63 Å². The number of rotatable bonds is 1. The Kier molecular flexibility index (Phi) is 2.70. The minimum atomic E-state index is -0.337. The molecule has 0 saturated carbocycles. The van der Waals surface area contributed by atoms with Gasteiger partial charge in [0.15, 0.2) is 0 Å². The van der Waals surface area contributed by atoms with Crippen molar-refractivity contribution in [1.29, 1.82) is 0 Å². The van der Waals surface area contributed by atoms with Gasteiger partial charge in [-0.25, -0.2) is 4.79 Å². The molecule has 3 nitrogen and oxygen atoms in total. The van der Waals surface area contributed by atoms with Crippen molar-refractivity contribution < 1.29 is 8.83 Å². The highest BCUT2D eigenvalue weighted by Crippen LogP contribution is 2.36. The molecule has 0 N–H and O–H groups in total. The standard InChI is InChI=1S/C19H14O3/c1-11-8-18(20)22-16-10-17-15(9-14(11)16)19(12(2)21-17)13-6-4-3-5-7-13/h3-10H,1-2H3. The lowest BCUT2D eigenvalue weighted by Gasteiger charge is -2.02. The van der Waals surface area contributed by atoms with Crippen LogP contribution in [0.5, 0.6) is 0 Å². The van der Waals surface area contributed by atoms with Gasteiger partial charge in [-0.2, -0.15) is 0 Å². The van der Waals surface area contributed by atoms with Gasteiger partial charge in [0.05, 0.1) is 0 Å². The molecule has 4 aromatic rings. The third-order valence-electron chi connectivity index (χ3n) is 4.00. The molecule has 0 atom stereocenters. The van der Waals surface area contributed by atoms with Crippen LogP contribution in [0.4, 0.5) is 0 Å². The van der Waals surface area contributed by atoms with Crippen LogP contribution in [0.2, 0.25) is 0 Å². The Morgan fingerprint density at radius 3 is 2.32 bits per heavy atom. The summed E-state index contributed by atoms with van der Waals surface area (Å²) < 4.78 is 11.2. The maximum absolute atomic E-state index is 11.5. The third-order valence-corrected chi connectivity index (χ3v) is 4.00. The van der Waals surface area contributed by atoms with E-state index >= 15 is 0 Å².